The average molecular weight is 219 g/mol. The summed E-state index contributed by atoms with van der Waals surface area (Å²) < 4.78 is 17.1. The van der Waals surface area contributed by atoms with Crippen molar-refractivity contribution < 1.29 is 8.95 Å². The first-order valence-electron chi connectivity index (χ1n) is 5.46. The Kier molecular flexibility index (Phi) is 5.67. The van der Waals surface area contributed by atoms with Crippen LogP contribution in [-0.4, -0.2) is 34.5 Å². The minimum absolute atomic E-state index is 0.0700. The van der Waals surface area contributed by atoms with Crippen LogP contribution >= 0.6 is 0 Å². The molecule has 14 heavy (non-hydrogen) atoms. The number of hydrogen-bond donors (Lipinski definition) is 1. The lowest BCUT2D eigenvalue weighted by Gasteiger charge is -2.27. The molecule has 0 saturated carbocycles. The summed E-state index contributed by atoms with van der Waals surface area (Å²) in [6.07, 6.45) is 4.23. The van der Waals surface area contributed by atoms with Gasteiger partial charge in [-0.25, -0.2) is 0 Å². The van der Waals surface area contributed by atoms with Crippen LogP contribution in [0.2, 0.25) is 0 Å². The monoisotopic (exact) mass is 219 g/mol. The minimum atomic E-state index is -0.788. The van der Waals surface area contributed by atoms with Gasteiger partial charge < -0.3 is 10.5 Å². The number of unbranched alkanes of at least 4 members (excludes halogenated alkanes) is 2. The standard InChI is InChI=1S/C10H21NO2S/c1-2-3-4-7-14(12)10-8-13-6-5-9(10)11/h9-10H,2-8,11H2,1H3. The lowest BCUT2D eigenvalue weighted by molar-refractivity contribution is 0.0904. The molecule has 1 aliphatic heterocycles. The summed E-state index contributed by atoms with van der Waals surface area (Å²) in [7, 11) is -0.788. The smallest absolute Gasteiger partial charge is 0.0733 e. The van der Waals surface area contributed by atoms with Crippen molar-refractivity contribution in [3.8, 4) is 0 Å². The summed E-state index contributed by atoms with van der Waals surface area (Å²) in [5.74, 6) is 0.787. The summed E-state index contributed by atoms with van der Waals surface area (Å²) in [4.78, 5) is 0. The zero-order valence-electron chi connectivity index (χ0n) is 8.91. The van der Waals surface area contributed by atoms with Crippen LogP contribution in [0.25, 0.3) is 0 Å². The first kappa shape index (κ1) is 12.1. The normalized spacial score (nSPS) is 30.1. The van der Waals surface area contributed by atoms with Crippen molar-refractivity contribution in [2.24, 2.45) is 5.73 Å². The molecule has 0 amide bonds. The number of rotatable bonds is 5. The molecular formula is C10H21NO2S. The third kappa shape index (κ3) is 3.67. The van der Waals surface area contributed by atoms with Crippen molar-refractivity contribution in [1.82, 2.24) is 0 Å². The predicted octanol–water partition coefficient (Wildman–Crippen LogP) is 1.04. The molecule has 1 rings (SSSR count). The third-order valence-corrected chi connectivity index (χ3v) is 4.49. The van der Waals surface area contributed by atoms with Crippen LogP contribution in [0.15, 0.2) is 0 Å². The van der Waals surface area contributed by atoms with Crippen LogP contribution in [-0.2, 0) is 15.5 Å². The molecule has 0 bridgehead atoms. The summed E-state index contributed by atoms with van der Waals surface area (Å²) in [5, 5.41) is 0.0700. The van der Waals surface area contributed by atoms with Gasteiger partial charge in [0.2, 0.25) is 0 Å². The van der Waals surface area contributed by atoms with Gasteiger partial charge in [-0.05, 0) is 12.8 Å². The second-order valence-corrected chi connectivity index (χ2v) is 5.63. The lowest BCUT2D eigenvalue weighted by Crippen LogP contribution is -2.46. The van der Waals surface area contributed by atoms with Gasteiger partial charge in [0.25, 0.3) is 0 Å². The van der Waals surface area contributed by atoms with Gasteiger partial charge >= 0.3 is 0 Å². The van der Waals surface area contributed by atoms with Gasteiger partial charge in [0.1, 0.15) is 0 Å². The summed E-state index contributed by atoms with van der Waals surface area (Å²) >= 11 is 0. The minimum Gasteiger partial charge on any atom is -0.380 e. The van der Waals surface area contributed by atoms with Crippen LogP contribution in [0.3, 0.4) is 0 Å². The maximum atomic E-state index is 11.8. The SMILES string of the molecule is CCCCCS(=O)C1COCCC1N. The van der Waals surface area contributed by atoms with Gasteiger partial charge in [-0.15, -0.1) is 0 Å². The van der Waals surface area contributed by atoms with Gasteiger partial charge in [-0.2, -0.15) is 0 Å². The van der Waals surface area contributed by atoms with Crippen molar-refractivity contribution in [2.45, 2.75) is 43.9 Å². The highest BCUT2D eigenvalue weighted by atomic mass is 32.2. The third-order valence-electron chi connectivity index (χ3n) is 2.64. The second-order valence-electron chi connectivity index (χ2n) is 3.86. The molecule has 0 aliphatic carbocycles. The van der Waals surface area contributed by atoms with E-state index < -0.39 is 10.8 Å². The Bertz CT molecular complexity index is 187. The number of nitrogens with two attached hydrogens (primary N) is 1. The molecule has 0 aromatic heterocycles. The topological polar surface area (TPSA) is 52.3 Å². The van der Waals surface area contributed by atoms with E-state index in [0.717, 1.165) is 31.6 Å². The molecule has 1 heterocycles. The van der Waals surface area contributed by atoms with Crippen LogP contribution in [0.4, 0.5) is 0 Å². The van der Waals surface area contributed by atoms with E-state index in [0.29, 0.717) is 6.61 Å². The van der Waals surface area contributed by atoms with E-state index in [4.69, 9.17) is 10.5 Å². The molecule has 2 N–H and O–H groups in total. The molecule has 3 atom stereocenters. The quantitative estimate of drug-likeness (QED) is 0.703. The molecule has 1 saturated heterocycles. The lowest BCUT2D eigenvalue weighted by atomic mass is 10.1. The van der Waals surface area contributed by atoms with Gasteiger partial charge in [-0.1, -0.05) is 19.8 Å². The fourth-order valence-electron chi connectivity index (χ4n) is 1.64. The fourth-order valence-corrected chi connectivity index (χ4v) is 3.21. The van der Waals surface area contributed by atoms with Crippen LogP contribution in [0.5, 0.6) is 0 Å². The van der Waals surface area contributed by atoms with E-state index in [1.165, 1.54) is 6.42 Å². The van der Waals surface area contributed by atoms with Crippen molar-refractivity contribution in [3.05, 3.63) is 0 Å². The van der Waals surface area contributed by atoms with Gasteiger partial charge in [0.15, 0.2) is 0 Å². The Hall–Kier alpha value is 0.0700. The summed E-state index contributed by atoms with van der Waals surface area (Å²) in [6, 6.07) is 0.0752. The molecule has 0 aromatic carbocycles. The van der Waals surface area contributed by atoms with E-state index >= 15 is 0 Å². The first-order chi connectivity index (χ1) is 6.75. The van der Waals surface area contributed by atoms with E-state index in [-0.39, 0.29) is 11.3 Å². The highest BCUT2D eigenvalue weighted by Gasteiger charge is 2.27. The Morgan fingerprint density at radius 3 is 2.93 bits per heavy atom. The maximum Gasteiger partial charge on any atom is 0.0733 e. The molecule has 3 nitrogen and oxygen atoms in total. The van der Waals surface area contributed by atoms with Gasteiger partial charge in [0.05, 0.1) is 11.9 Å². The van der Waals surface area contributed by atoms with Crippen LogP contribution in [0, 0.1) is 0 Å². The van der Waals surface area contributed by atoms with Crippen molar-refractivity contribution >= 4 is 10.8 Å². The van der Waals surface area contributed by atoms with Crippen LogP contribution in [0.1, 0.15) is 32.6 Å². The number of hydrogen-bond acceptors (Lipinski definition) is 3. The molecule has 4 heteroatoms. The highest BCUT2D eigenvalue weighted by molar-refractivity contribution is 7.85. The van der Waals surface area contributed by atoms with Crippen molar-refractivity contribution in [2.75, 3.05) is 19.0 Å². The molecule has 84 valence electrons. The summed E-state index contributed by atoms with van der Waals surface area (Å²) in [6.45, 7) is 3.46. The molecule has 1 fully saturated rings. The van der Waals surface area contributed by atoms with E-state index in [2.05, 4.69) is 6.92 Å². The molecule has 0 radical (unpaired) electrons. The predicted molar refractivity (Wildman–Crippen MR) is 59.7 cm³/mol. The Labute approximate surface area is 88.8 Å². The molecule has 3 unspecified atom stereocenters. The maximum absolute atomic E-state index is 11.8. The van der Waals surface area contributed by atoms with E-state index in [1.807, 2.05) is 0 Å². The number of ether oxygens (including phenoxy) is 1. The Balaban J connectivity index is 2.27. The Morgan fingerprint density at radius 1 is 1.50 bits per heavy atom. The largest absolute Gasteiger partial charge is 0.380 e. The molecule has 1 aliphatic rings. The highest BCUT2D eigenvalue weighted by Crippen LogP contribution is 2.13. The van der Waals surface area contributed by atoms with Gasteiger partial charge in [-0.3, -0.25) is 4.21 Å². The average Bonchev–Trinajstić information content (AvgIpc) is 2.18. The first-order valence-corrected chi connectivity index (χ1v) is 6.84. The Morgan fingerprint density at radius 2 is 2.29 bits per heavy atom. The van der Waals surface area contributed by atoms with Crippen LogP contribution < -0.4 is 5.73 Å². The van der Waals surface area contributed by atoms with Crippen molar-refractivity contribution in [1.29, 1.82) is 0 Å². The fraction of sp³-hybridized carbons (Fsp3) is 1.00. The van der Waals surface area contributed by atoms with Crippen molar-refractivity contribution in [3.63, 3.8) is 0 Å². The van der Waals surface area contributed by atoms with Gasteiger partial charge in [0, 0.05) is 29.2 Å². The van der Waals surface area contributed by atoms with E-state index in [1.54, 1.807) is 0 Å². The second kappa shape index (κ2) is 6.53. The summed E-state index contributed by atoms with van der Waals surface area (Å²) in [5.41, 5.74) is 5.91. The molecule has 0 spiro atoms. The van der Waals surface area contributed by atoms with E-state index in [9.17, 15) is 4.21 Å². The molecular weight excluding hydrogens is 198 g/mol. The zero-order valence-corrected chi connectivity index (χ0v) is 9.72. The molecule has 0 aromatic rings. The zero-order chi connectivity index (χ0) is 10.4.